The molecule has 0 heterocycles. The molecular weight excluding hydrogens is 264 g/mol. The van der Waals surface area contributed by atoms with Gasteiger partial charge in [0, 0.05) is 13.0 Å². The van der Waals surface area contributed by atoms with Crippen LogP contribution in [0.5, 0.6) is 5.75 Å². The summed E-state index contributed by atoms with van der Waals surface area (Å²) in [7, 11) is 3.65. The van der Waals surface area contributed by atoms with E-state index in [4.69, 9.17) is 10.00 Å². The lowest BCUT2D eigenvalue weighted by atomic mass is 9.87. The third-order valence-electron chi connectivity index (χ3n) is 3.80. The van der Waals surface area contributed by atoms with Crippen LogP contribution in [-0.4, -0.2) is 37.3 Å². The molecule has 116 valence electrons. The van der Waals surface area contributed by atoms with Crippen molar-refractivity contribution in [1.29, 1.82) is 5.26 Å². The van der Waals surface area contributed by atoms with Crippen LogP contribution in [-0.2, 0) is 0 Å². The van der Waals surface area contributed by atoms with Crippen LogP contribution < -0.4 is 4.74 Å². The Hall–Kier alpha value is -1.57. The number of ether oxygens (including phenoxy) is 1. The summed E-state index contributed by atoms with van der Waals surface area (Å²) in [5.74, 6) is 0.812. The molecule has 0 spiro atoms. The first-order chi connectivity index (χ1) is 9.93. The molecular formula is C17H26N2O2. The lowest BCUT2D eigenvalue weighted by Gasteiger charge is -2.34. The normalized spacial score (nSPS) is 13.0. The SMILES string of the molecule is COc1ccc(C(CO)N(C)CC(C)(C)CCC#N)cc1. The summed E-state index contributed by atoms with van der Waals surface area (Å²) in [6.45, 7) is 5.20. The third-order valence-corrected chi connectivity index (χ3v) is 3.80. The Morgan fingerprint density at radius 2 is 1.95 bits per heavy atom. The van der Waals surface area contributed by atoms with Gasteiger partial charge >= 0.3 is 0 Å². The number of hydrogen-bond donors (Lipinski definition) is 1. The molecule has 21 heavy (non-hydrogen) atoms. The van der Waals surface area contributed by atoms with Crippen LogP contribution in [0.25, 0.3) is 0 Å². The molecule has 0 aliphatic rings. The number of nitrogens with zero attached hydrogens (tertiary/aromatic N) is 2. The van der Waals surface area contributed by atoms with E-state index in [1.807, 2.05) is 31.3 Å². The lowest BCUT2D eigenvalue weighted by molar-refractivity contribution is 0.105. The molecule has 0 bridgehead atoms. The minimum atomic E-state index is -0.0442. The number of methoxy groups -OCH3 is 1. The molecule has 0 saturated heterocycles. The van der Waals surface area contributed by atoms with E-state index in [0.717, 1.165) is 24.3 Å². The fourth-order valence-corrected chi connectivity index (χ4v) is 2.58. The molecule has 0 aromatic heterocycles. The molecule has 1 unspecified atom stereocenters. The molecule has 4 heteroatoms. The van der Waals surface area contributed by atoms with Crippen LogP contribution in [0.4, 0.5) is 0 Å². The molecule has 0 radical (unpaired) electrons. The highest BCUT2D eigenvalue weighted by atomic mass is 16.5. The average Bonchev–Trinajstić information content (AvgIpc) is 2.46. The van der Waals surface area contributed by atoms with Gasteiger partial charge in [-0.2, -0.15) is 5.26 Å². The standard InChI is InChI=1S/C17H26N2O2/c1-17(2,10-5-11-18)13-19(3)16(12-20)14-6-8-15(21-4)9-7-14/h6-9,16,20H,5,10,12-13H2,1-4H3. The average molecular weight is 290 g/mol. The minimum absolute atomic E-state index is 0.0442. The summed E-state index contributed by atoms with van der Waals surface area (Å²) in [5.41, 5.74) is 1.11. The highest BCUT2D eigenvalue weighted by molar-refractivity contribution is 5.29. The molecule has 0 amide bonds. The summed E-state index contributed by atoms with van der Waals surface area (Å²) in [6, 6.07) is 9.95. The largest absolute Gasteiger partial charge is 0.497 e. The second kappa shape index (κ2) is 8.02. The van der Waals surface area contributed by atoms with Gasteiger partial charge < -0.3 is 9.84 Å². The zero-order valence-corrected chi connectivity index (χ0v) is 13.5. The maximum Gasteiger partial charge on any atom is 0.118 e. The minimum Gasteiger partial charge on any atom is -0.497 e. The number of nitriles is 1. The summed E-state index contributed by atoms with van der Waals surface area (Å²) >= 11 is 0. The van der Waals surface area contributed by atoms with Crippen LogP contribution in [0.2, 0.25) is 0 Å². The quantitative estimate of drug-likeness (QED) is 0.799. The van der Waals surface area contributed by atoms with Gasteiger partial charge in [0.1, 0.15) is 5.75 Å². The molecule has 1 N–H and O–H groups in total. The fourth-order valence-electron chi connectivity index (χ4n) is 2.58. The Kier molecular flexibility index (Phi) is 6.67. The molecule has 1 aromatic rings. The van der Waals surface area contributed by atoms with Crippen molar-refractivity contribution in [3.8, 4) is 11.8 Å². The van der Waals surface area contributed by atoms with Gasteiger partial charge in [-0.25, -0.2) is 0 Å². The van der Waals surface area contributed by atoms with Crippen LogP contribution in [0, 0.1) is 16.7 Å². The van der Waals surface area contributed by atoms with Gasteiger partial charge in [-0.3, -0.25) is 4.90 Å². The van der Waals surface area contributed by atoms with E-state index in [0.29, 0.717) is 6.42 Å². The number of benzene rings is 1. The van der Waals surface area contributed by atoms with Gasteiger partial charge in [0.15, 0.2) is 0 Å². The number of aliphatic hydroxyl groups excluding tert-OH is 1. The number of hydrogen-bond acceptors (Lipinski definition) is 4. The van der Waals surface area contributed by atoms with Crippen LogP contribution >= 0.6 is 0 Å². The van der Waals surface area contributed by atoms with Crippen LogP contribution in [0.15, 0.2) is 24.3 Å². The van der Waals surface area contributed by atoms with Gasteiger partial charge in [-0.15, -0.1) is 0 Å². The Labute approximate surface area is 128 Å². The van der Waals surface area contributed by atoms with E-state index in [-0.39, 0.29) is 18.1 Å². The Morgan fingerprint density at radius 1 is 1.33 bits per heavy atom. The molecule has 1 aromatic carbocycles. The summed E-state index contributed by atoms with van der Waals surface area (Å²) in [5, 5.41) is 18.5. The smallest absolute Gasteiger partial charge is 0.118 e. The van der Waals surface area contributed by atoms with Crippen molar-refractivity contribution in [2.75, 3.05) is 27.3 Å². The Balaban J connectivity index is 2.76. The van der Waals surface area contributed by atoms with E-state index < -0.39 is 0 Å². The highest BCUT2D eigenvalue weighted by Crippen LogP contribution is 2.28. The fraction of sp³-hybridized carbons (Fsp3) is 0.588. The Bertz CT molecular complexity index is 463. The lowest BCUT2D eigenvalue weighted by Crippen LogP contribution is -2.35. The summed E-state index contributed by atoms with van der Waals surface area (Å²) in [6.07, 6.45) is 1.42. The second-order valence-corrected chi connectivity index (χ2v) is 6.21. The topological polar surface area (TPSA) is 56.5 Å². The summed E-state index contributed by atoms with van der Waals surface area (Å²) in [4.78, 5) is 2.15. The summed E-state index contributed by atoms with van der Waals surface area (Å²) < 4.78 is 5.16. The van der Waals surface area contributed by atoms with Crippen molar-refractivity contribution < 1.29 is 9.84 Å². The first-order valence-electron chi connectivity index (χ1n) is 7.25. The van der Waals surface area contributed by atoms with Gasteiger partial charge in [0.25, 0.3) is 0 Å². The van der Waals surface area contributed by atoms with E-state index >= 15 is 0 Å². The van der Waals surface area contributed by atoms with Crippen molar-refractivity contribution >= 4 is 0 Å². The van der Waals surface area contributed by atoms with Gasteiger partial charge in [0.05, 0.1) is 25.8 Å². The third kappa shape index (κ3) is 5.37. The highest BCUT2D eigenvalue weighted by Gasteiger charge is 2.24. The number of rotatable bonds is 8. The second-order valence-electron chi connectivity index (χ2n) is 6.21. The van der Waals surface area contributed by atoms with Crippen molar-refractivity contribution in [2.24, 2.45) is 5.41 Å². The monoisotopic (exact) mass is 290 g/mol. The predicted octanol–water partition coefficient (Wildman–Crippen LogP) is 2.99. The van der Waals surface area contributed by atoms with Crippen LogP contribution in [0.3, 0.4) is 0 Å². The van der Waals surface area contributed by atoms with Crippen molar-refractivity contribution in [3.05, 3.63) is 29.8 Å². The predicted molar refractivity (Wildman–Crippen MR) is 84.1 cm³/mol. The molecule has 1 atom stereocenters. The van der Waals surface area contributed by atoms with Crippen molar-refractivity contribution in [3.63, 3.8) is 0 Å². The number of likely N-dealkylation sites (N-methyl/N-ethyl adjacent to an activating group) is 1. The molecule has 0 aliphatic heterocycles. The van der Waals surface area contributed by atoms with Gasteiger partial charge in [-0.1, -0.05) is 26.0 Å². The maximum atomic E-state index is 9.72. The molecule has 0 aliphatic carbocycles. The zero-order chi connectivity index (χ0) is 15.9. The van der Waals surface area contributed by atoms with Gasteiger partial charge in [-0.05, 0) is 36.6 Å². The maximum absolute atomic E-state index is 9.72. The van der Waals surface area contributed by atoms with Crippen LogP contribution in [0.1, 0.15) is 38.3 Å². The molecule has 1 rings (SSSR count). The van der Waals surface area contributed by atoms with E-state index in [9.17, 15) is 5.11 Å². The van der Waals surface area contributed by atoms with E-state index in [1.165, 1.54) is 0 Å². The van der Waals surface area contributed by atoms with Crippen molar-refractivity contribution in [2.45, 2.75) is 32.7 Å². The Morgan fingerprint density at radius 3 is 2.43 bits per heavy atom. The molecule has 4 nitrogen and oxygen atoms in total. The zero-order valence-electron chi connectivity index (χ0n) is 13.5. The van der Waals surface area contributed by atoms with Gasteiger partial charge in [0.2, 0.25) is 0 Å². The van der Waals surface area contributed by atoms with E-state index in [2.05, 4.69) is 24.8 Å². The first-order valence-corrected chi connectivity index (χ1v) is 7.25. The number of aliphatic hydroxyl groups is 1. The van der Waals surface area contributed by atoms with E-state index in [1.54, 1.807) is 7.11 Å². The first kappa shape index (κ1) is 17.5. The molecule has 0 saturated carbocycles. The van der Waals surface area contributed by atoms with Crippen molar-refractivity contribution in [1.82, 2.24) is 4.90 Å². The molecule has 0 fully saturated rings.